The molecular weight excluding hydrogens is 242 g/mol. The maximum Gasteiger partial charge on any atom is 0.179 e. The first-order valence-electron chi connectivity index (χ1n) is 5.46. The molecule has 0 radical (unpaired) electrons. The Hall–Kier alpha value is -1.27. The van der Waals surface area contributed by atoms with Crippen molar-refractivity contribution >= 4 is 9.84 Å². The second-order valence-electron chi connectivity index (χ2n) is 3.77. The number of rotatable bonds is 3. The normalized spacial score (nSPS) is 15.4. The fourth-order valence-corrected chi connectivity index (χ4v) is 2.72. The van der Waals surface area contributed by atoms with Crippen molar-refractivity contribution in [3.05, 3.63) is 18.2 Å². The summed E-state index contributed by atoms with van der Waals surface area (Å²) in [6.07, 6.45) is 0.791. The molecule has 0 unspecified atom stereocenters. The van der Waals surface area contributed by atoms with Gasteiger partial charge in [0.2, 0.25) is 0 Å². The third-order valence-electron chi connectivity index (χ3n) is 2.46. The van der Waals surface area contributed by atoms with Crippen molar-refractivity contribution in [3.8, 4) is 11.5 Å². The van der Waals surface area contributed by atoms with Gasteiger partial charge >= 0.3 is 0 Å². The standard InChI is InChI=1S/C11H15NO4S/c12-4-7-17(13,14)9-2-3-10-11(8-9)16-6-1-5-15-10/h2-3,8H,1,4-7,12H2. The molecule has 0 atom stereocenters. The van der Waals surface area contributed by atoms with E-state index in [2.05, 4.69) is 0 Å². The van der Waals surface area contributed by atoms with E-state index in [0.717, 1.165) is 6.42 Å². The minimum atomic E-state index is -3.32. The van der Waals surface area contributed by atoms with Gasteiger partial charge in [-0.3, -0.25) is 0 Å². The molecule has 0 fully saturated rings. The lowest BCUT2D eigenvalue weighted by Gasteiger charge is -2.09. The second-order valence-corrected chi connectivity index (χ2v) is 5.88. The molecule has 2 rings (SSSR count). The van der Waals surface area contributed by atoms with E-state index in [1.54, 1.807) is 6.07 Å². The predicted molar refractivity (Wildman–Crippen MR) is 63.2 cm³/mol. The van der Waals surface area contributed by atoms with Crippen molar-refractivity contribution in [1.29, 1.82) is 0 Å². The highest BCUT2D eigenvalue weighted by atomic mass is 32.2. The molecule has 1 aliphatic rings. The first-order chi connectivity index (χ1) is 8.13. The van der Waals surface area contributed by atoms with Crippen LogP contribution in [0.2, 0.25) is 0 Å². The van der Waals surface area contributed by atoms with E-state index in [0.29, 0.717) is 24.7 Å². The largest absolute Gasteiger partial charge is 0.490 e. The molecule has 0 bridgehead atoms. The van der Waals surface area contributed by atoms with E-state index in [9.17, 15) is 8.42 Å². The molecule has 2 N–H and O–H groups in total. The molecule has 1 heterocycles. The zero-order chi connectivity index (χ0) is 12.3. The monoisotopic (exact) mass is 257 g/mol. The number of fused-ring (bicyclic) bond motifs is 1. The Balaban J connectivity index is 2.36. The third kappa shape index (κ3) is 2.70. The van der Waals surface area contributed by atoms with Crippen LogP contribution >= 0.6 is 0 Å². The van der Waals surface area contributed by atoms with E-state index in [-0.39, 0.29) is 17.2 Å². The van der Waals surface area contributed by atoms with Crippen molar-refractivity contribution in [2.24, 2.45) is 5.73 Å². The Labute approximate surface area is 100 Å². The highest BCUT2D eigenvalue weighted by Gasteiger charge is 2.17. The van der Waals surface area contributed by atoms with Gasteiger partial charge in [0, 0.05) is 19.0 Å². The molecule has 1 aromatic carbocycles. The predicted octanol–water partition coefficient (Wildman–Crippen LogP) is 0.580. The minimum absolute atomic E-state index is 0.0629. The summed E-state index contributed by atoms with van der Waals surface area (Å²) in [6.45, 7) is 1.23. The Morgan fingerprint density at radius 1 is 1.18 bits per heavy atom. The first kappa shape index (κ1) is 12.2. The highest BCUT2D eigenvalue weighted by molar-refractivity contribution is 7.91. The lowest BCUT2D eigenvalue weighted by Crippen LogP contribution is -2.15. The highest BCUT2D eigenvalue weighted by Crippen LogP contribution is 2.32. The number of sulfone groups is 1. The molecule has 0 amide bonds. The molecule has 94 valence electrons. The third-order valence-corrected chi connectivity index (χ3v) is 4.21. The number of nitrogens with two attached hydrogens (primary N) is 1. The maximum atomic E-state index is 11.8. The van der Waals surface area contributed by atoms with Crippen LogP contribution in [-0.2, 0) is 9.84 Å². The van der Waals surface area contributed by atoms with Gasteiger partial charge < -0.3 is 15.2 Å². The van der Waals surface area contributed by atoms with Gasteiger partial charge in [0.15, 0.2) is 21.3 Å². The van der Waals surface area contributed by atoms with Gasteiger partial charge in [-0.25, -0.2) is 8.42 Å². The Morgan fingerprint density at radius 2 is 1.88 bits per heavy atom. The van der Waals surface area contributed by atoms with Gasteiger partial charge in [0.25, 0.3) is 0 Å². The van der Waals surface area contributed by atoms with Crippen molar-refractivity contribution in [1.82, 2.24) is 0 Å². The van der Waals surface area contributed by atoms with Gasteiger partial charge in [-0.1, -0.05) is 0 Å². The molecule has 0 saturated carbocycles. The summed E-state index contributed by atoms with van der Waals surface area (Å²) in [5.41, 5.74) is 5.28. The van der Waals surface area contributed by atoms with Gasteiger partial charge in [0.05, 0.1) is 23.9 Å². The average molecular weight is 257 g/mol. The average Bonchev–Trinajstić information content (AvgIpc) is 2.52. The smallest absolute Gasteiger partial charge is 0.179 e. The number of benzene rings is 1. The van der Waals surface area contributed by atoms with Crippen LogP contribution in [0.1, 0.15) is 6.42 Å². The van der Waals surface area contributed by atoms with Crippen molar-refractivity contribution in [2.75, 3.05) is 25.5 Å². The summed E-state index contributed by atoms with van der Waals surface area (Å²) in [5.74, 6) is 1.02. The molecule has 0 aromatic heterocycles. The van der Waals surface area contributed by atoms with Crippen molar-refractivity contribution in [2.45, 2.75) is 11.3 Å². The molecule has 6 heteroatoms. The van der Waals surface area contributed by atoms with Gasteiger partial charge in [-0.2, -0.15) is 0 Å². The van der Waals surface area contributed by atoms with E-state index in [1.807, 2.05) is 0 Å². The van der Waals surface area contributed by atoms with E-state index in [1.165, 1.54) is 12.1 Å². The van der Waals surface area contributed by atoms with E-state index < -0.39 is 9.84 Å². The number of hydrogen-bond donors (Lipinski definition) is 1. The molecule has 5 nitrogen and oxygen atoms in total. The first-order valence-corrected chi connectivity index (χ1v) is 7.11. The summed E-state index contributed by atoms with van der Waals surface area (Å²) in [4.78, 5) is 0.229. The van der Waals surface area contributed by atoms with E-state index in [4.69, 9.17) is 15.2 Å². The molecule has 0 saturated heterocycles. The maximum absolute atomic E-state index is 11.8. The number of hydrogen-bond acceptors (Lipinski definition) is 5. The lowest BCUT2D eigenvalue weighted by atomic mass is 10.3. The van der Waals surface area contributed by atoms with Crippen LogP contribution in [0.5, 0.6) is 11.5 Å². The quantitative estimate of drug-likeness (QED) is 0.857. The van der Waals surface area contributed by atoms with Gasteiger partial charge in [-0.05, 0) is 12.1 Å². The lowest BCUT2D eigenvalue weighted by molar-refractivity contribution is 0.297. The van der Waals surface area contributed by atoms with E-state index >= 15 is 0 Å². The summed E-state index contributed by atoms with van der Waals surface area (Å²) in [7, 11) is -3.32. The Morgan fingerprint density at radius 3 is 2.59 bits per heavy atom. The topological polar surface area (TPSA) is 78.6 Å². The SMILES string of the molecule is NCCS(=O)(=O)c1ccc2c(c1)OCCCO2. The molecular formula is C11H15NO4S. The molecule has 0 aliphatic carbocycles. The zero-order valence-corrected chi connectivity index (χ0v) is 10.2. The van der Waals surface area contributed by atoms with Crippen molar-refractivity contribution in [3.63, 3.8) is 0 Å². The Kier molecular flexibility index (Phi) is 3.54. The summed E-state index contributed by atoms with van der Waals surface area (Å²) in [5, 5.41) is 0. The van der Waals surface area contributed by atoms with Crippen LogP contribution in [0.15, 0.2) is 23.1 Å². The summed E-state index contributed by atoms with van der Waals surface area (Å²) in [6, 6.07) is 4.66. The summed E-state index contributed by atoms with van der Waals surface area (Å²) < 4.78 is 34.5. The van der Waals surface area contributed by atoms with Crippen molar-refractivity contribution < 1.29 is 17.9 Å². The second kappa shape index (κ2) is 4.93. The van der Waals surface area contributed by atoms with Gasteiger partial charge in [0.1, 0.15) is 0 Å². The van der Waals surface area contributed by atoms with Crippen LogP contribution < -0.4 is 15.2 Å². The van der Waals surface area contributed by atoms with Crippen LogP contribution in [0, 0.1) is 0 Å². The van der Waals surface area contributed by atoms with Crippen LogP contribution in [0.3, 0.4) is 0 Å². The van der Waals surface area contributed by atoms with Gasteiger partial charge in [-0.15, -0.1) is 0 Å². The zero-order valence-electron chi connectivity index (χ0n) is 9.39. The fraction of sp³-hybridized carbons (Fsp3) is 0.455. The van der Waals surface area contributed by atoms with Crippen LogP contribution in [-0.4, -0.2) is 33.9 Å². The summed E-state index contributed by atoms with van der Waals surface area (Å²) >= 11 is 0. The minimum Gasteiger partial charge on any atom is -0.490 e. The molecule has 1 aromatic rings. The number of ether oxygens (including phenoxy) is 2. The molecule has 0 spiro atoms. The Bertz CT molecular complexity index is 498. The fourth-order valence-electron chi connectivity index (χ4n) is 1.61. The van der Waals surface area contributed by atoms with Crippen LogP contribution in [0.4, 0.5) is 0 Å². The molecule has 17 heavy (non-hydrogen) atoms. The van der Waals surface area contributed by atoms with Crippen LogP contribution in [0.25, 0.3) is 0 Å². The molecule has 1 aliphatic heterocycles.